The topological polar surface area (TPSA) is 18.5 Å². The molecule has 0 unspecified atom stereocenters. The van der Waals surface area contributed by atoms with Crippen LogP contribution in [0.15, 0.2) is 0 Å². The summed E-state index contributed by atoms with van der Waals surface area (Å²) in [4.78, 5) is 0. The van der Waals surface area contributed by atoms with Crippen LogP contribution in [0.3, 0.4) is 0 Å². The van der Waals surface area contributed by atoms with E-state index in [4.69, 9.17) is 17.3 Å². The summed E-state index contributed by atoms with van der Waals surface area (Å²) in [5, 5.41) is 0.00799. The summed E-state index contributed by atoms with van der Waals surface area (Å²) in [5.41, 5.74) is 0. The maximum atomic E-state index is 6.22. The Morgan fingerprint density at radius 3 is 1.73 bits per heavy atom. The molecule has 0 bridgehead atoms. The number of hydrogen-bond acceptors (Lipinski definition) is 2. The third kappa shape index (κ3) is 6.96. The Kier molecular flexibility index (Phi) is 6.34. The summed E-state index contributed by atoms with van der Waals surface area (Å²) in [6.45, 7) is 5.33. The zero-order valence-corrected chi connectivity index (χ0v) is 9.96. The summed E-state index contributed by atoms with van der Waals surface area (Å²) in [7, 11) is 6.22. The second-order valence-corrected chi connectivity index (χ2v) is 4.79. The number of rotatable bonds is 0. The molecular weight excluding hydrogens is 187 g/mol. The predicted molar refractivity (Wildman–Crippen MR) is 63.5 cm³/mol. The first-order chi connectivity index (χ1) is 7.21. The van der Waals surface area contributed by atoms with Crippen molar-refractivity contribution in [3.63, 3.8) is 0 Å². The summed E-state index contributed by atoms with van der Waals surface area (Å²) in [6, 6.07) is 0. The van der Waals surface area contributed by atoms with Gasteiger partial charge in [0.25, 0.3) is 0 Å². The minimum atomic E-state index is 0.00799. The van der Waals surface area contributed by atoms with E-state index in [2.05, 4.69) is 6.92 Å². The highest BCUT2D eigenvalue weighted by Gasteiger charge is 2.16. The van der Waals surface area contributed by atoms with Crippen molar-refractivity contribution in [2.75, 3.05) is 26.4 Å². The van der Waals surface area contributed by atoms with Crippen molar-refractivity contribution < 1.29 is 9.47 Å². The molecule has 86 valence electrons. The van der Waals surface area contributed by atoms with Crippen LogP contribution in [0.4, 0.5) is 0 Å². The fourth-order valence-electron chi connectivity index (χ4n) is 1.91. The third-order valence-corrected chi connectivity index (χ3v) is 2.95. The van der Waals surface area contributed by atoms with Crippen molar-refractivity contribution in [3.05, 3.63) is 0 Å². The predicted octanol–water partition coefficient (Wildman–Crippen LogP) is 2.72. The quantitative estimate of drug-likeness (QED) is 0.572. The molecule has 0 aliphatic carbocycles. The average molecular weight is 210 g/mol. The first-order valence-corrected chi connectivity index (χ1v) is 6.15. The first-order valence-electron chi connectivity index (χ1n) is 6.15. The molecule has 1 saturated heterocycles. The van der Waals surface area contributed by atoms with Gasteiger partial charge in [0.15, 0.2) is 0 Å². The highest BCUT2D eigenvalue weighted by molar-refractivity contribution is 6.14. The molecule has 0 N–H and O–H groups in total. The van der Waals surface area contributed by atoms with E-state index in [0.29, 0.717) is 0 Å². The molecule has 0 spiro atoms. The molecule has 1 fully saturated rings. The zero-order valence-electron chi connectivity index (χ0n) is 9.96. The molecule has 1 aliphatic rings. The van der Waals surface area contributed by atoms with E-state index >= 15 is 0 Å². The summed E-state index contributed by atoms with van der Waals surface area (Å²) < 4.78 is 10.9. The Hall–Kier alpha value is -0.0151. The molecule has 3 heteroatoms. The van der Waals surface area contributed by atoms with Crippen molar-refractivity contribution in [2.24, 2.45) is 0 Å². The van der Waals surface area contributed by atoms with Crippen LogP contribution in [-0.4, -0.2) is 34.3 Å². The van der Waals surface area contributed by atoms with Gasteiger partial charge in [0.05, 0.1) is 21.1 Å². The molecule has 15 heavy (non-hydrogen) atoms. The average Bonchev–Trinajstić information content (AvgIpc) is 2.20. The van der Waals surface area contributed by atoms with Crippen molar-refractivity contribution in [3.8, 4) is 0 Å². The van der Waals surface area contributed by atoms with Crippen LogP contribution in [0.25, 0.3) is 0 Å². The largest absolute Gasteiger partial charge is 0.379 e. The molecule has 0 amide bonds. The molecule has 0 saturated carbocycles. The second-order valence-electron chi connectivity index (χ2n) is 4.79. The van der Waals surface area contributed by atoms with Gasteiger partial charge in [-0.2, -0.15) is 0 Å². The summed E-state index contributed by atoms with van der Waals surface area (Å²) in [5.74, 6) is 0. The van der Waals surface area contributed by atoms with Gasteiger partial charge in [0.2, 0.25) is 0 Å². The third-order valence-electron chi connectivity index (χ3n) is 2.95. The first kappa shape index (κ1) is 13.1. The molecule has 1 heterocycles. The number of ether oxygens (including phenoxy) is 2. The van der Waals surface area contributed by atoms with Gasteiger partial charge in [0, 0.05) is 13.2 Å². The highest BCUT2D eigenvalue weighted by atomic mass is 16.5. The summed E-state index contributed by atoms with van der Waals surface area (Å²) >= 11 is 0. The van der Waals surface area contributed by atoms with Gasteiger partial charge in [-0.1, -0.05) is 37.9 Å². The Morgan fingerprint density at radius 1 is 0.800 bits per heavy atom. The molecule has 2 radical (unpaired) electrons. The van der Waals surface area contributed by atoms with Crippen LogP contribution in [0.5, 0.6) is 0 Å². The van der Waals surface area contributed by atoms with Gasteiger partial charge in [-0.25, -0.2) is 0 Å². The van der Waals surface area contributed by atoms with Crippen molar-refractivity contribution in [1.29, 1.82) is 0 Å². The Morgan fingerprint density at radius 2 is 1.27 bits per heavy atom. The lowest BCUT2D eigenvalue weighted by molar-refractivity contribution is 0.0457. The van der Waals surface area contributed by atoms with Crippen LogP contribution in [-0.2, 0) is 9.47 Å². The van der Waals surface area contributed by atoms with Crippen LogP contribution in [0.2, 0.25) is 5.31 Å². The standard InChI is InChI=1S/C12H23BO2/c1-12(13)6-2-4-8-14-10-11-15-9-5-3-7-12/h2-11H2,1H3. The van der Waals surface area contributed by atoms with Gasteiger partial charge in [-0.05, 0) is 12.8 Å². The van der Waals surface area contributed by atoms with Crippen molar-refractivity contribution in [1.82, 2.24) is 0 Å². The second kappa shape index (κ2) is 7.29. The minimum absolute atomic E-state index is 0.00799. The lowest BCUT2D eigenvalue weighted by Crippen LogP contribution is -2.08. The van der Waals surface area contributed by atoms with Gasteiger partial charge in [-0.3, -0.25) is 0 Å². The lowest BCUT2D eigenvalue weighted by Gasteiger charge is -2.24. The van der Waals surface area contributed by atoms with Gasteiger partial charge < -0.3 is 9.47 Å². The van der Waals surface area contributed by atoms with Crippen molar-refractivity contribution in [2.45, 2.75) is 50.8 Å². The molecule has 1 rings (SSSR count). The fraction of sp³-hybridized carbons (Fsp3) is 1.00. The molecule has 0 aromatic carbocycles. The van der Waals surface area contributed by atoms with Gasteiger partial charge in [0.1, 0.15) is 0 Å². The Balaban J connectivity index is 2.24. The van der Waals surface area contributed by atoms with Crippen molar-refractivity contribution >= 4 is 7.85 Å². The van der Waals surface area contributed by atoms with Crippen LogP contribution < -0.4 is 0 Å². The van der Waals surface area contributed by atoms with E-state index in [-0.39, 0.29) is 5.31 Å². The van der Waals surface area contributed by atoms with Gasteiger partial charge in [-0.15, -0.1) is 0 Å². The lowest BCUT2D eigenvalue weighted by atomic mass is 9.64. The molecule has 0 aromatic heterocycles. The Bertz CT molecular complexity index is 144. The van der Waals surface area contributed by atoms with E-state index in [9.17, 15) is 0 Å². The van der Waals surface area contributed by atoms with Crippen LogP contribution in [0, 0.1) is 0 Å². The molecule has 0 aromatic rings. The molecular formula is C12H23BO2. The molecule has 2 nitrogen and oxygen atoms in total. The van der Waals surface area contributed by atoms with E-state index in [1.54, 1.807) is 0 Å². The van der Waals surface area contributed by atoms with E-state index < -0.39 is 0 Å². The van der Waals surface area contributed by atoms with E-state index in [1.807, 2.05) is 0 Å². The van der Waals surface area contributed by atoms with E-state index in [1.165, 1.54) is 12.8 Å². The maximum absolute atomic E-state index is 6.22. The smallest absolute Gasteiger partial charge is 0.0742 e. The monoisotopic (exact) mass is 210 g/mol. The van der Waals surface area contributed by atoms with Gasteiger partial charge >= 0.3 is 0 Å². The Labute approximate surface area is 95.1 Å². The van der Waals surface area contributed by atoms with E-state index in [0.717, 1.165) is 52.1 Å². The van der Waals surface area contributed by atoms with Crippen LogP contribution >= 0.6 is 0 Å². The molecule has 1 aliphatic heterocycles. The SMILES string of the molecule is [B]C1(C)CCCCOCCOCCCC1. The zero-order chi connectivity index (χ0) is 11.0. The molecule has 0 atom stereocenters. The van der Waals surface area contributed by atoms with Crippen LogP contribution in [0.1, 0.15) is 45.4 Å². The maximum Gasteiger partial charge on any atom is 0.0742 e. The number of hydrogen-bond donors (Lipinski definition) is 0. The highest BCUT2D eigenvalue weighted by Crippen LogP contribution is 2.33. The normalized spacial score (nSPS) is 25.9. The minimum Gasteiger partial charge on any atom is -0.379 e. The summed E-state index contributed by atoms with van der Waals surface area (Å²) in [6.07, 6.45) is 6.80. The fourth-order valence-corrected chi connectivity index (χ4v) is 1.91.